The van der Waals surface area contributed by atoms with Crippen LogP contribution >= 0.6 is 0 Å². The fourth-order valence-electron chi connectivity index (χ4n) is 4.16. The normalized spacial score (nSPS) is 10.8. The van der Waals surface area contributed by atoms with Gasteiger partial charge in [0, 0.05) is 22.8 Å². The number of benzene rings is 2. The van der Waals surface area contributed by atoms with Gasteiger partial charge in [0.15, 0.2) is 0 Å². The van der Waals surface area contributed by atoms with Gasteiger partial charge < -0.3 is 0 Å². The first-order valence-electron chi connectivity index (χ1n) is 11.5. The Balaban J connectivity index is 1.34. The highest BCUT2D eigenvalue weighted by molar-refractivity contribution is 6.07. The average molecular weight is 477 g/mol. The molecule has 0 aliphatic heterocycles. The molecule has 0 atom stereocenters. The molecule has 0 saturated heterocycles. The molecule has 8 heteroatoms. The third-order valence-corrected chi connectivity index (χ3v) is 5.98. The number of nitrogens with zero attached hydrogens (tertiary/aromatic N) is 4. The molecule has 5 aromatic rings. The molecule has 0 aliphatic rings. The zero-order valence-corrected chi connectivity index (χ0v) is 19.9. The number of pyridine rings is 2. The second-order valence-corrected chi connectivity index (χ2v) is 8.36. The zero-order valence-electron chi connectivity index (χ0n) is 19.9. The van der Waals surface area contributed by atoms with E-state index in [0.717, 1.165) is 22.6 Å². The number of para-hydroxylation sites is 2. The first kappa shape index (κ1) is 22.9. The lowest BCUT2D eigenvalue weighted by Crippen LogP contribution is -2.42. The van der Waals surface area contributed by atoms with E-state index in [0.29, 0.717) is 27.9 Å². The van der Waals surface area contributed by atoms with Gasteiger partial charge in [-0.15, -0.1) is 0 Å². The average Bonchev–Trinajstić information content (AvgIpc) is 3.20. The summed E-state index contributed by atoms with van der Waals surface area (Å²) in [5.74, 6) is -0.780. The molecule has 2 amide bonds. The molecule has 8 nitrogen and oxygen atoms in total. The Labute approximate surface area is 208 Å². The Hall–Kier alpha value is -4.85. The number of hydrogen-bond acceptors (Lipinski definition) is 5. The van der Waals surface area contributed by atoms with Crippen molar-refractivity contribution in [1.29, 1.82) is 0 Å². The molecule has 0 bridgehead atoms. The van der Waals surface area contributed by atoms with Gasteiger partial charge in [0.25, 0.3) is 5.91 Å². The van der Waals surface area contributed by atoms with Crippen molar-refractivity contribution in [2.45, 2.75) is 20.3 Å². The third kappa shape index (κ3) is 4.56. The van der Waals surface area contributed by atoms with Gasteiger partial charge in [0.2, 0.25) is 5.91 Å². The first-order chi connectivity index (χ1) is 17.5. The molecule has 0 aliphatic carbocycles. The Kier molecular flexibility index (Phi) is 6.23. The minimum Gasteiger partial charge on any atom is -0.273 e. The lowest BCUT2D eigenvalue weighted by atomic mass is 10.1. The van der Waals surface area contributed by atoms with Gasteiger partial charge in [-0.05, 0) is 50.2 Å². The van der Waals surface area contributed by atoms with Gasteiger partial charge in [-0.1, -0.05) is 42.5 Å². The molecule has 0 saturated carbocycles. The highest BCUT2D eigenvalue weighted by Gasteiger charge is 2.18. The molecule has 3 aromatic heterocycles. The Morgan fingerprint density at radius 1 is 0.861 bits per heavy atom. The molecule has 0 spiro atoms. The number of fused-ring (bicyclic) bond motifs is 1. The van der Waals surface area contributed by atoms with Crippen LogP contribution in [0.2, 0.25) is 0 Å². The van der Waals surface area contributed by atoms with E-state index in [4.69, 9.17) is 0 Å². The van der Waals surface area contributed by atoms with Crippen molar-refractivity contribution in [2.75, 3.05) is 0 Å². The van der Waals surface area contributed by atoms with Crippen LogP contribution in [0.1, 0.15) is 27.3 Å². The minimum atomic E-state index is -0.437. The largest absolute Gasteiger partial charge is 0.273 e. The number of hydrogen-bond donors (Lipinski definition) is 2. The molecule has 36 heavy (non-hydrogen) atoms. The minimum absolute atomic E-state index is 0.0844. The van der Waals surface area contributed by atoms with E-state index in [-0.39, 0.29) is 12.3 Å². The van der Waals surface area contributed by atoms with Gasteiger partial charge in [0.1, 0.15) is 0 Å². The highest BCUT2D eigenvalue weighted by atomic mass is 16.2. The van der Waals surface area contributed by atoms with Crippen LogP contribution in [0.3, 0.4) is 0 Å². The van der Waals surface area contributed by atoms with Crippen LogP contribution in [-0.4, -0.2) is 31.6 Å². The first-order valence-corrected chi connectivity index (χ1v) is 11.5. The van der Waals surface area contributed by atoms with Crippen molar-refractivity contribution in [2.24, 2.45) is 0 Å². The summed E-state index contributed by atoms with van der Waals surface area (Å²) >= 11 is 0. The van der Waals surface area contributed by atoms with Gasteiger partial charge in [-0.2, -0.15) is 5.10 Å². The van der Waals surface area contributed by atoms with Crippen LogP contribution in [-0.2, 0) is 11.2 Å². The molecule has 0 unspecified atom stereocenters. The number of nitrogens with one attached hydrogen (secondary N) is 2. The van der Waals surface area contributed by atoms with Crippen molar-refractivity contribution < 1.29 is 9.59 Å². The quantitative estimate of drug-likeness (QED) is 0.372. The van der Waals surface area contributed by atoms with Crippen LogP contribution in [0.15, 0.2) is 85.1 Å². The molecule has 5 rings (SSSR count). The number of rotatable bonds is 5. The maximum absolute atomic E-state index is 13.1. The molecule has 0 radical (unpaired) electrons. The Morgan fingerprint density at radius 3 is 2.39 bits per heavy atom. The summed E-state index contributed by atoms with van der Waals surface area (Å²) in [6.45, 7) is 3.80. The fourth-order valence-corrected chi connectivity index (χ4v) is 4.16. The SMILES string of the molecule is Cc1nn(-c2ccccc2)c(C)c1CC(=O)NNC(=O)c1cc(-c2ccccn2)nc2ccccc12. The van der Waals surface area contributed by atoms with E-state index in [1.807, 2.05) is 91.3 Å². The van der Waals surface area contributed by atoms with Crippen LogP contribution in [0.5, 0.6) is 0 Å². The topological polar surface area (TPSA) is 102 Å². The zero-order chi connectivity index (χ0) is 25.1. The molecule has 178 valence electrons. The summed E-state index contributed by atoms with van der Waals surface area (Å²) < 4.78 is 1.82. The fraction of sp³-hybridized carbons (Fsp3) is 0.107. The monoisotopic (exact) mass is 476 g/mol. The molecule has 2 aromatic carbocycles. The third-order valence-electron chi connectivity index (χ3n) is 5.98. The predicted octanol–water partition coefficient (Wildman–Crippen LogP) is 4.10. The number of carbonyl (C=O) groups excluding carboxylic acids is 2. The number of aromatic nitrogens is 4. The van der Waals surface area contributed by atoms with Gasteiger partial charge >= 0.3 is 0 Å². The lowest BCUT2D eigenvalue weighted by Gasteiger charge is -2.11. The molecule has 3 heterocycles. The molecule has 2 N–H and O–H groups in total. The number of carbonyl (C=O) groups is 2. The molecular formula is C28H24N6O2. The maximum atomic E-state index is 13.1. The summed E-state index contributed by atoms with van der Waals surface area (Å²) in [6, 6.07) is 24.3. The maximum Gasteiger partial charge on any atom is 0.270 e. The molecule has 0 fully saturated rings. The summed E-state index contributed by atoms with van der Waals surface area (Å²) in [5.41, 5.74) is 10.8. The Morgan fingerprint density at radius 2 is 1.61 bits per heavy atom. The van der Waals surface area contributed by atoms with Crippen molar-refractivity contribution >= 4 is 22.7 Å². The summed E-state index contributed by atoms with van der Waals surface area (Å²) in [4.78, 5) is 34.9. The number of aryl methyl sites for hydroxylation is 1. The van der Waals surface area contributed by atoms with Gasteiger partial charge in [0.05, 0.1) is 40.3 Å². The number of hydrazine groups is 1. The van der Waals surface area contributed by atoms with E-state index in [2.05, 4.69) is 25.9 Å². The van der Waals surface area contributed by atoms with Crippen LogP contribution in [0.4, 0.5) is 0 Å². The van der Waals surface area contributed by atoms with E-state index in [9.17, 15) is 9.59 Å². The Bertz CT molecular complexity index is 1560. The lowest BCUT2D eigenvalue weighted by molar-refractivity contribution is -0.121. The van der Waals surface area contributed by atoms with Crippen molar-refractivity contribution in [3.63, 3.8) is 0 Å². The van der Waals surface area contributed by atoms with Crippen molar-refractivity contribution in [3.8, 4) is 17.1 Å². The standard InChI is InChI=1S/C28H24N6O2/c1-18-22(19(2)34(33-18)20-10-4-3-5-11-20)17-27(35)31-32-28(36)23-16-26(25-14-8-9-15-29-25)30-24-13-7-6-12-21(23)24/h3-16H,17H2,1-2H3,(H,31,35)(H,32,36). The van der Waals surface area contributed by atoms with E-state index in [1.54, 1.807) is 12.3 Å². The van der Waals surface area contributed by atoms with Gasteiger partial charge in [-0.25, -0.2) is 9.67 Å². The van der Waals surface area contributed by atoms with E-state index < -0.39 is 5.91 Å². The predicted molar refractivity (Wildman–Crippen MR) is 137 cm³/mol. The summed E-state index contributed by atoms with van der Waals surface area (Å²) in [6.07, 6.45) is 1.76. The van der Waals surface area contributed by atoms with Crippen LogP contribution < -0.4 is 10.9 Å². The summed E-state index contributed by atoms with van der Waals surface area (Å²) in [7, 11) is 0. The van der Waals surface area contributed by atoms with Gasteiger partial charge in [-0.3, -0.25) is 25.4 Å². The van der Waals surface area contributed by atoms with Crippen molar-refractivity contribution in [3.05, 3.63) is 108 Å². The molecular weight excluding hydrogens is 452 g/mol. The van der Waals surface area contributed by atoms with Crippen LogP contribution in [0.25, 0.3) is 28.0 Å². The summed E-state index contributed by atoms with van der Waals surface area (Å²) in [5, 5.41) is 5.27. The highest BCUT2D eigenvalue weighted by Crippen LogP contribution is 2.23. The second kappa shape index (κ2) is 9.79. The number of amides is 2. The second-order valence-electron chi connectivity index (χ2n) is 8.36. The van der Waals surface area contributed by atoms with E-state index in [1.165, 1.54) is 0 Å². The van der Waals surface area contributed by atoms with E-state index >= 15 is 0 Å². The van der Waals surface area contributed by atoms with Crippen molar-refractivity contribution in [1.82, 2.24) is 30.6 Å². The smallest absolute Gasteiger partial charge is 0.270 e. The van der Waals surface area contributed by atoms with Crippen LogP contribution in [0, 0.1) is 13.8 Å².